The van der Waals surface area contributed by atoms with Crippen LogP contribution in [0.5, 0.6) is 0 Å². The predicted molar refractivity (Wildman–Crippen MR) is 72.7 cm³/mol. The second-order valence-electron chi connectivity index (χ2n) is 4.80. The van der Waals surface area contributed by atoms with Gasteiger partial charge in [-0.25, -0.2) is 9.97 Å². The van der Waals surface area contributed by atoms with Gasteiger partial charge in [0.05, 0.1) is 6.61 Å². The van der Waals surface area contributed by atoms with E-state index in [2.05, 4.69) is 20.6 Å². The zero-order chi connectivity index (χ0) is 12.6. The van der Waals surface area contributed by atoms with Gasteiger partial charge < -0.3 is 15.7 Å². The van der Waals surface area contributed by atoms with Crippen molar-refractivity contribution < 1.29 is 5.11 Å². The Morgan fingerprint density at radius 1 is 1.11 bits per heavy atom. The molecule has 1 aliphatic rings. The molecule has 2 rings (SSSR count). The van der Waals surface area contributed by atoms with Crippen molar-refractivity contribution >= 4 is 11.6 Å². The number of nitrogens with one attached hydrogen (secondary N) is 2. The van der Waals surface area contributed by atoms with E-state index in [0.717, 1.165) is 24.1 Å². The molecule has 1 aromatic rings. The first-order valence-electron chi connectivity index (χ1n) is 6.79. The summed E-state index contributed by atoms with van der Waals surface area (Å²) in [7, 11) is 0. The van der Waals surface area contributed by atoms with E-state index in [-0.39, 0.29) is 6.61 Å². The van der Waals surface area contributed by atoms with Crippen LogP contribution in [-0.4, -0.2) is 34.8 Å². The highest BCUT2D eigenvalue weighted by Gasteiger charge is 2.14. The first kappa shape index (κ1) is 13.1. The third-order valence-corrected chi connectivity index (χ3v) is 3.42. The van der Waals surface area contributed by atoms with E-state index in [0.29, 0.717) is 6.54 Å². The lowest BCUT2D eigenvalue weighted by Crippen LogP contribution is -2.10. The fraction of sp³-hybridized carbons (Fsp3) is 0.692. The number of aliphatic hydroxyl groups excluding tert-OH is 1. The molecule has 0 radical (unpaired) electrons. The summed E-state index contributed by atoms with van der Waals surface area (Å²) in [6, 6.07) is 1.88. The molecule has 0 aromatic carbocycles. The average molecular weight is 250 g/mol. The van der Waals surface area contributed by atoms with Gasteiger partial charge in [-0.2, -0.15) is 0 Å². The van der Waals surface area contributed by atoms with Gasteiger partial charge in [0.2, 0.25) is 0 Å². The van der Waals surface area contributed by atoms with E-state index in [4.69, 9.17) is 5.11 Å². The van der Waals surface area contributed by atoms with Crippen molar-refractivity contribution in [3.05, 3.63) is 12.4 Å². The largest absolute Gasteiger partial charge is 0.395 e. The van der Waals surface area contributed by atoms with Gasteiger partial charge in [0.1, 0.15) is 18.0 Å². The molecule has 1 fully saturated rings. The Hall–Kier alpha value is -1.36. The lowest BCUT2D eigenvalue weighted by Gasteiger charge is -2.11. The normalized spacial score (nSPS) is 15.8. The number of rotatable bonds is 7. The second-order valence-corrected chi connectivity index (χ2v) is 4.80. The molecule has 0 aliphatic heterocycles. The molecule has 5 heteroatoms. The maximum atomic E-state index is 8.74. The van der Waals surface area contributed by atoms with Gasteiger partial charge in [-0.05, 0) is 12.3 Å². The first-order chi connectivity index (χ1) is 8.88. The third-order valence-electron chi connectivity index (χ3n) is 3.42. The van der Waals surface area contributed by atoms with Crippen LogP contribution in [0.1, 0.15) is 32.1 Å². The fourth-order valence-electron chi connectivity index (χ4n) is 2.44. The van der Waals surface area contributed by atoms with Crippen molar-refractivity contribution in [2.24, 2.45) is 5.92 Å². The highest BCUT2D eigenvalue weighted by molar-refractivity contribution is 5.46. The molecule has 1 heterocycles. The highest BCUT2D eigenvalue weighted by Crippen LogP contribution is 2.27. The third kappa shape index (κ3) is 4.14. The van der Waals surface area contributed by atoms with Crippen molar-refractivity contribution in [3.63, 3.8) is 0 Å². The quantitative estimate of drug-likeness (QED) is 0.689. The molecule has 1 aliphatic carbocycles. The number of anilines is 2. The Labute approximate surface area is 108 Å². The molecule has 0 bridgehead atoms. The summed E-state index contributed by atoms with van der Waals surface area (Å²) in [4.78, 5) is 8.28. The molecule has 18 heavy (non-hydrogen) atoms. The maximum absolute atomic E-state index is 8.74. The monoisotopic (exact) mass is 250 g/mol. The zero-order valence-corrected chi connectivity index (χ0v) is 10.7. The van der Waals surface area contributed by atoms with Crippen LogP contribution in [0.4, 0.5) is 11.6 Å². The topological polar surface area (TPSA) is 70.1 Å². The van der Waals surface area contributed by atoms with Crippen LogP contribution in [0.3, 0.4) is 0 Å². The van der Waals surface area contributed by atoms with E-state index < -0.39 is 0 Å². The van der Waals surface area contributed by atoms with Crippen LogP contribution < -0.4 is 10.6 Å². The summed E-state index contributed by atoms with van der Waals surface area (Å²) in [5, 5.41) is 15.1. The van der Waals surface area contributed by atoms with E-state index in [1.54, 1.807) is 0 Å². The minimum Gasteiger partial charge on any atom is -0.395 e. The lowest BCUT2D eigenvalue weighted by atomic mass is 10.0. The van der Waals surface area contributed by atoms with Crippen LogP contribution in [0.15, 0.2) is 12.4 Å². The van der Waals surface area contributed by atoms with Crippen LogP contribution in [-0.2, 0) is 0 Å². The zero-order valence-electron chi connectivity index (χ0n) is 10.7. The van der Waals surface area contributed by atoms with Crippen LogP contribution in [0, 0.1) is 5.92 Å². The number of hydrogen-bond acceptors (Lipinski definition) is 5. The van der Waals surface area contributed by atoms with Gasteiger partial charge in [-0.3, -0.25) is 0 Å². The maximum Gasteiger partial charge on any atom is 0.131 e. The van der Waals surface area contributed by atoms with E-state index in [9.17, 15) is 0 Å². The molecule has 0 amide bonds. The van der Waals surface area contributed by atoms with Crippen LogP contribution in [0.25, 0.3) is 0 Å². The fourth-order valence-corrected chi connectivity index (χ4v) is 2.44. The van der Waals surface area contributed by atoms with E-state index in [1.807, 2.05) is 6.07 Å². The number of hydrogen-bond donors (Lipinski definition) is 3. The second kappa shape index (κ2) is 7.16. The molecule has 1 saturated carbocycles. The molecule has 0 spiro atoms. The van der Waals surface area contributed by atoms with Crippen LogP contribution in [0.2, 0.25) is 0 Å². The average Bonchev–Trinajstić information content (AvgIpc) is 2.90. The lowest BCUT2D eigenvalue weighted by molar-refractivity contribution is 0.311. The minimum absolute atomic E-state index is 0.106. The van der Waals surface area contributed by atoms with Crippen molar-refractivity contribution in [2.45, 2.75) is 32.1 Å². The summed E-state index contributed by atoms with van der Waals surface area (Å²) < 4.78 is 0. The van der Waals surface area contributed by atoms with Gasteiger partial charge >= 0.3 is 0 Å². The predicted octanol–water partition coefficient (Wildman–Crippen LogP) is 1.87. The molecule has 3 N–H and O–H groups in total. The highest BCUT2D eigenvalue weighted by atomic mass is 16.3. The van der Waals surface area contributed by atoms with Gasteiger partial charge in [-0.1, -0.05) is 25.7 Å². The summed E-state index contributed by atoms with van der Waals surface area (Å²) >= 11 is 0. The minimum atomic E-state index is 0.106. The number of nitrogens with zero attached hydrogens (tertiary/aromatic N) is 2. The van der Waals surface area contributed by atoms with Crippen molar-refractivity contribution in [1.82, 2.24) is 9.97 Å². The van der Waals surface area contributed by atoms with Gasteiger partial charge in [-0.15, -0.1) is 0 Å². The van der Waals surface area contributed by atoms with Gasteiger partial charge in [0, 0.05) is 19.2 Å². The van der Waals surface area contributed by atoms with Gasteiger partial charge in [0.25, 0.3) is 0 Å². The van der Waals surface area contributed by atoms with Crippen molar-refractivity contribution in [1.29, 1.82) is 0 Å². The summed E-state index contributed by atoms with van der Waals surface area (Å²) in [6.45, 7) is 1.59. The van der Waals surface area contributed by atoms with E-state index in [1.165, 1.54) is 38.4 Å². The molecule has 0 atom stereocenters. The Kier molecular flexibility index (Phi) is 5.20. The molecular formula is C13H22N4O. The standard InChI is InChI=1S/C13H22N4O/c18-8-7-15-13-9-12(16-10-17-13)14-6-5-11-3-1-2-4-11/h9-11,18H,1-8H2,(H2,14,15,16,17). The van der Waals surface area contributed by atoms with Crippen molar-refractivity contribution in [2.75, 3.05) is 30.3 Å². The molecule has 0 saturated heterocycles. The van der Waals surface area contributed by atoms with Gasteiger partial charge in [0.15, 0.2) is 0 Å². The molecule has 0 unspecified atom stereocenters. The molecular weight excluding hydrogens is 228 g/mol. The summed E-state index contributed by atoms with van der Waals surface area (Å²) in [5.74, 6) is 2.50. The Morgan fingerprint density at radius 2 is 1.78 bits per heavy atom. The Morgan fingerprint density at radius 3 is 2.44 bits per heavy atom. The SMILES string of the molecule is OCCNc1cc(NCCC2CCCC2)ncn1. The Bertz CT molecular complexity index is 353. The number of aromatic nitrogens is 2. The molecule has 1 aromatic heterocycles. The van der Waals surface area contributed by atoms with Crippen LogP contribution >= 0.6 is 0 Å². The van der Waals surface area contributed by atoms with E-state index >= 15 is 0 Å². The first-order valence-corrected chi connectivity index (χ1v) is 6.79. The molecule has 5 nitrogen and oxygen atoms in total. The summed E-state index contributed by atoms with van der Waals surface area (Å²) in [5.41, 5.74) is 0. The molecule has 100 valence electrons. The smallest absolute Gasteiger partial charge is 0.131 e. The van der Waals surface area contributed by atoms with Crippen molar-refractivity contribution in [3.8, 4) is 0 Å². The Balaban J connectivity index is 1.74. The summed E-state index contributed by atoms with van der Waals surface area (Å²) in [6.07, 6.45) is 8.32. The number of aliphatic hydroxyl groups is 1.